The lowest BCUT2D eigenvalue weighted by molar-refractivity contribution is -0.385. The topological polar surface area (TPSA) is 122 Å². The number of nitrogens with zero attached hydrogens (tertiary/aromatic N) is 3. The smallest absolute Gasteiger partial charge is 0.271 e. The quantitative estimate of drug-likeness (QED) is 0.412. The largest absolute Gasteiger partial charge is 0.272 e. The second-order valence-electron chi connectivity index (χ2n) is 6.76. The molecule has 0 aromatic heterocycles. The van der Waals surface area contributed by atoms with Crippen molar-refractivity contribution in [2.45, 2.75) is 30.7 Å². The molecule has 1 heterocycles. The Morgan fingerprint density at radius 3 is 2.67 bits per heavy atom. The molecule has 9 nitrogen and oxygen atoms in total. The molecule has 0 bridgehead atoms. The maximum Gasteiger partial charge on any atom is 0.272 e. The van der Waals surface area contributed by atoms with Crippen LogP contribution in [0.1, 0.15) is 24.0 Å². The first kappa shape index (κ1) is 21.9. The molecule has 0 radical (unpaired) electrons. The van der Waals surface area contributed by atoms with E-state index < -0.39 is 26.9 Å². The molecule has 0 aliphatic carbocycles. The molecule has 30 heavy (non-hydrogen) atoms. The van der Waals surface area contributed by atoms with E-state index in [2.05, 4.69) is 10.5 Å². The van der Waals surface area contributed by atoms with Gasteiger partial charge in [0.2, 0.25) is 10.0 Å². The number of hydrogen-bond donors (Lipinski definition) is 1. The number of nitrogens with one attached hydrogen (secondary N) is 1. The molecule has 1 aliphatic rings. The summed E-state index contributed by atoms with van der Waals surface area (Å²) in [7, 11) is -3.86. The minimum absolute atomic E-state index is 0.0543. The van der Waals surface area contributed by atoms with Crippen LogP contribution in [0.4, 0.5) is 5.69 Å². The first-order chi connectivity index (χ1) is 14.2. The summed E-state index contributed by atoms with van der Waals surface area (Å²) in [5, 5.41) is 15.3. The van der Waals surface area contributed by atoms with E-state index in [1.54, 1.807) is 19.1 Å². The van der Waals surface area contributed by atoms with Gasteiger partial charge >= 0.3 is 0 Å². The number of sulfonamides is 1. The molecule has 1 fully saturated rings. The van der Waals surface area contributed by atoms with Crippen LogP contribution in [-0.2, 0) is 14.8 Å². The zero-order valence-corrected chi connectivity index (χ0v) is 17.6. The molecule has 158 valence electrons. The summed E-state index contributed by atoms with van der Waals surface area (Å²) in [5.41, 5.74) is 3.22. The van der Waals surface area contributed by atoms with Gasteiger partial charge in [-0.15, -0.1) is 0 Å². The summed E-state index contributed by atoms with van der Waals surface area (Å²) < 4.78 is 26.9. The van der Waals surface area contributed by atoms with E-state index in [9.17, 15) is 23.3 Å². The Morgan fingerprint density at radius 2 is 2.00 bits per heavy atom. The molecule has 1 atom stereocenters. The minimum atomic E-state index is -3.86. The summed E-state index contributed by atoms with van der Waals surface area (Å²) in [6.07, 6.45) is 2.18. The molecule has 0 spiro atoms. The standard InChI is InChI=1S/C19H19ClN4O5S/c1-13-4-5-14(11-18(13)24(26)27)12-21-22-19(25)17-3-2-10-23(17)30(28,29)16-8-6-15(20)7-9-16/h4-9,11-12,17H,2-3,10H2,1H3,(H,22,25)/b21-12-/t17-/m1/s1. The molecule has 1 aliphatic heterocycles. The van der Waals surface area contributed by atoms with Gasteiger partial charge in [-0.2, -0.15) is 9.41 Å². The second kappa shape index (κ2) is 8.90. The fourth-order valence-corrected chi connectivity index (χ4v) is 4.96. The number of nitro groups is 1. The predicted molar refractivity (Wildman–Crippen MR) is 112 cm³/mol. The third-order valence-electron chi connectivity index (χ3n) is 4.74. The summed E-state index contributed by atoms with van der Waals surface area (Å²) >= 11 is 5.82. The van der Waals surface area contributed by atoms with Gasteiger partial charge in [0.15, 0.2) is 0 Å². The minimum Gasteiger partial charge on any atom is -0.271 e. The van der Waals surface area contributed by atoms with Gasteiger partial charge in [-0.3, -0.25) is 14.9 Å². The summed E-state index contributed by atoms with van der Waals surface area (Å²) in [4.78, 5) is 23.1. The number of hydrazone groups is 1. The van der Waals surface area contributed by atoms with Gasteiger partial charge in [0, 0.05) is 28.8 Å². The Hall–Kier alpha value is -2.82. The van der Waals surface area contributed by atoms with Crippen LogP contribution in [0.2, 0.25) is 5.02 Å². The normalized spacial score (nSPS) is 17.3. The molecule has 1 N–H and O–H groups in total. The van der Waals surface area contributed by atoms with Gasteiger partial charge in [-0.25, -0.2) is 13.8 Å². The summed E-state index contributed by atoms with van der Waals surface area (Å²) in [6.45, 7) is 1.84. The van der Waals surface area contributed by atoms with Crippen molar-refractivity contribution >= 4 is 39.4 Å². The molecule has 2 aromatic rings. The molecule has 2 aromatic carbocycles. The first-order valence-corrected chi connectivity index (χ1v) is 10.9. The van der Waals surface area contributed by atoms with Gasteiger partial charge in [0.25, 0.3) is 11.6 Å². The fraction of sp³-hybridized carbons (Fsp3) is 0.263. The van der Waals surface area contributed by atoms with Gasteiger partial charge < -0.3 is 0 Å². The average Bonchev–Trinajstić information content (AvgIpc) is 3.20. The van der Waals surface area contributed by atoms with E-state index in [-0.39, 0.29) is 17.1 Å². The van der Waals surface area contributed by atoms with Crippen LogP contribution in [0, 0.1) is 17.0 Å². The number of carbonyl (C=O) groups is 1. The number of rotatable bonds is 6. The van der Waals surface area contributed by atoms with Crippen LogP contribution >= 0.6 is 11.6 Å². The van der Waals surface area contributed by atoms with E-state index in [0.29, 0.717) is 29.0 Å². The van der Waals surface area contributed by atoms with Crippen LogP contribution in [-0.4, -0.2) is 42.4 Å². The highest BCUT2D eigenvalue weighted by Crippen LogP contribution is 2.27. The molecule has 1 amide bonds. The Morgan fingerprint density at radius 1 is 1.30 bits per heavy atom. The van der Waals surface area contributed by atoms with Crippen LogP contribution in [0.15, 0.2) is 52.5 Å². The van der Waals surface area contributed by atoms with Crippen molar-refractivity contribution < 1.29 is 18.1 Å². The summed E-state index contributed by atoms with van der Waals surface area (Å²) in [5.74, 6) is -0.567. The van der Waals surface area contributed by atoms with Crippen LogP contribution < -0.4 is 5.43 Å². The number of hydrogen-bond acceptors (Lipinski definition) is 6. The molecule has 0 unspecified atom stereocenters. The predicted octanol–water partition coefficient (Wildman–Crippen LogP) is 2.86. The highest BCUT2D eigenvalue weighted by atomic mass is 35.5. The Labute approximate surface area is 178 Å². The SMILES string of the molecule is Cc1ccc(/C=N\NC(=O)[C@H]2CCCN2S(=O)(=O)c2ccc(Cl)cc2)cc1[N+](=O)[O-]. The lowest BCUT2D eigenvalue weighted by Gasteiger charge is -2.22. The lowest BCUT2D eigenvalue weighted by Crippen LogP contribution is -2.44. The number of nitro benzene ring substituents is 1. The molecule has 3 rings (SSSR count). The number of carbonyl (C=O) groups excluding carboxylic acids is 1. The highest BCUT2D eigenvalue weighted by molar-refractivity contribution is 7.89. The lowest BCUT2D eigenvalue weighted by atomic mass is 10.1. The Bertz CT molecular complexity index is 1100. The third kappa shape index (κ3) is 4.66. The zero-order valence-electron chi connectivity index (χ0n) is 16.0. The van der Waals surface area contributed by atoms with Crippen molar-refractivity contribution in [1.82, 2.24) is 9.73 Å². The van der Waals surface area contributed by atoms with E-state index >= 15 is 0 Å². The number of benzene rings is 2. The fourth-order valence-electron chi connectivity index (χ4n) is 3.18. The van der Waals surface area contributed by atoms with Crippen LogP contribution in [0.3, 0.4) is 0 Å². The first-order valence-electron chi connectivity index (χ1n) is 9.05. The third-order valence-corrected chi connectivity index (χ3v) is 6.92. The van der Waals surface area contributed by atoms with Crippen molar-refractivity contribution in [3.8, 4) is 0 Å². The van der Waals surface area contributed by atoms with Crippen LogP contribution in [0.25, 0.3) is 0 Å². The summed E-state index contributed by atoms with van der Waals surface area (Å²) in [6, 6.07) is 9.41. The Balaban J connectivity index is 1.72. The van der Waals surface area contributed by atoms with E-state index in [4.69, 9.17) is 11.6 Å². The van der Waals surface area contributed by atoms with Crippen molar-refractivity contribution in [2.24, 2.45) is 5.10 Å². The van der Waals surface area contributed by atoms with Gasteiger partial charge in [-0.1, -0.05) is 23.7 Å². The Kier molecular flexibility index (Phi) is 6.49. The van der Waals surface area contributed by atoms with E-state index in [1.165, 1.54) is 36.5 Å². The molecule has 0 saturated carbocycles. The maximum absolute atomic E-state index is 12.9. The molecule has 1 saturated heterocycles. The molecular weight excluding hydrogens is 432 g/mol. The van der Waals surface area contributed by atoms with Gasteiger partial charge in [0.05, 0.1) is 16.0 Å². The zero-order chi connectivity index (χ0) is 21.9. The van der Waals surface area contributed by atoms with Gasteiger partial charge in [-0.05, 0) is 44.0 Å². The highest BCUT2D eigenvalue weighted by Gasteiger charge is 2.39. The number of aryl methyl sites for hydroxylation is 1. The molecular formula is C19H19ClN4O5S. The second-order valence-corrected chi connectivity index (χ2v) is 9.09. The van der Waals surface area contributed by atoms with Crippen LogP contribution in [0.5, 0.6) is 0 Å². The van der Waals surface area contributed by atoms with E-state index in [1.807, 2.05) is 0 Å². The number of halogens is 1. The number of amides is 1. The van der Waals surface area contributed by atoms with Crippen molar-refractivity contribution in [3.05, 3.63) is 68.7 Å². The van der Waals surface area contributed by atoms with Crippen molar-refractivity contribution in [3.63, 3.8) is 0 Å². The van der Waals surface area contributed by atoms with Crippen molar-refractivity contribution in [2.75, 3.05) is 6.54 Å². The van der Waals surface area contributed by atoms with E-state index in [0.717, 1.165) is 4.31 Å². The van der Waals surface area contributed by atoms with Gasteiger partial charge in [0.1, 0.15) is 6.04 Å². The maximum atomic E-state index is 12.9. The van der Waals surface area contributed by atoms with Crippen molar-refractivity contribution in [1.29, 1.82) is 0 Å². The molecule has 11 heteroatoms. The monoisotopic (exact) mass is 450 g/mol. The average molecular weight is 451 g/mol.